The van der Waals surface area contributed by atoms with Crippen LogP contribution < -0.4 is 4.74 Å². The summed E-state index contributed by atoms with van der Waals surface area (Å²) in [5.41, 5.74) is 2.01. The van der Waals surface area contributed by atoms with E-state index in [4.69, 9.17) is 17.0 Å². The average molecular weight is 372 g/mol. The Kier molecular flexibility index (Phi) is 5.49. The van der Waals surface area contributed by atoms with Gasteiger partial charge in [-0.2, -0.15) is 5.10 Å². The lowest BCUT2D eigenvalue weighted by Gasteiger charge is -2.16. The highest BCUT2D eigenvalue weighted by Crippen LogP contribution is 2.18. The third-order valence-electron chi connectivity index (χ3n) is 4.13. The monoisotopic (exact) mass is 372 g/mol. The van der Waals surface area contributed by atoms with Crippen LogP contribution in [0.15, 0.2) is 48.5 Å². The van der Waals surface area contributed by atoms with Gasteiger partial charge in [-0.1, -0.05) is 12.1 Å². The molecule has 0 bridgehead atoms. The van der Waals surface area contributed by atoms with Crippen molar-refractivity contribution < 1.29 is 9.13 Å². The Balaban J connectivity index is 1.75. The fourth-order valence-corrected chi connectivity index (χ4v) is 2.94. The lowest BCUT2D eigenvalue weighted by Crippen LogP contribution is -2.22. The molecule has 1 heterocycles. The molecule has 3 rings (SSSR count). The molecule has 0 atom stereocenters. The average Bonchev–Trinajstić information content (AvgIpc) is 2.91. The van der Waals surface area contributed by atoms with Gasteiger partial charge in [0, 0.05) is 19.2 Å². The Bertz CT molecular complexity index is 932. The maximum absolute atomic E-state index is 13.1. The molecular formula is C19H21FN4OS. The van der Waals surface area contributed by atoms with Gasteiger partial charge >= 0.3 is 0 Å². The Labute approximate surface area is 157 Å². The van der Waals surface area contributed by atoms with Gasteiger partial charge in [0.25, 0.3) is 0 Å². The Morgan fingerprint density at radius 3 is 2.38 bits per heavy atom. The van der Waals surface area contributed by atoms with Crippen LogP contribution in [0.25, 0.3) is 11.4 Å². The molecule has 5 nitrogen and oxygen atoms in total. The quantitative estimate of drug-likeness (QED) is 0.616. The summed E-state index contributed by atoms with van der Waals surface area (Å²) in [6, 6.07) is 14.2. The Hall–Kier alpha value is -2.51. The van der Waals surface area contributed by atoms with Crippen LogP contribution in [0.4, 0.5) is 4.39 Å². The van der Waals surface area contributed by atoms with E-state index in [2.05, 4.69) is 10.00 Å². The number of benzene rings is 2. The predicted octanol–water partition coefficient (Wildman–Crippen LogP) is 3.86. The molecule has 0 fully saturated rings. The Morgan fingerprint density at radius 2 is 1.77 bits per heavy atom. The Morgan fingerprint density at radius 1 is 1.12 bits per heavy atom. The second-order valence-electron chi connectivity index (χ2n) is 6.18. The summed E-state index contributed by atoms with van der Waals surface area (Å²) >= 11 is 5.50. The zero-order chi connectivity index (χ0) is 18.7. The number of methoxy groups -OCH3 is 1. The van der Waals surface area contributed by atoms with Gasteiger partial charge in [-0.05, 0) is 61.2 Å². The smallest absolute Gasteiger partial charge is 0.199 e. The molecule has 26 heavy (non-hydrogen) atoms. The number of hydrogen-bond acceptors (Lipinski definition) is 4. The van der Waals surface area contributed by atoms with E-state index in [1.165, 1.54) is 17.7 Å². The van der Waals surface area contributed by atoms with E-state index >= 15 is 0 Å². The maximum atomic E-state index is 13.1. The topological polar surface area (TPSA) is 35.2 Å². The van der Waals surface area contributed by atoms with E-state index in [1.807, 2.05) is 42.9 Å². The number of hydrogen-bond donors (Lipinski definition) is 0. The molecule has 0 radical (unpaired) electrons. The van der Waals surface area contributed by atoms with E-state index in [9.17, 15) is 4.39 Å². The summed E-state index contributed by atoms with van der Waals surface area (Å²) in [6.45, 7) is 1.31. The van der Waals surface area contributed by atoms with Crippen LogP contribution in [0, 0.1) is 10.6 Å². The summed E-state index contributed by atoms with van der Waals surface area (Å²) in [5, 5.41) is 4.61. The van der Waals surface area contributed by atoms with Gasteiger partial charge in [0.1, 0.15) is 11.6 Å². The van der Waals surface area contributed by atoms with E-state index in [0.29, 0.717) is 17.3 Å². The van der Waals surface area contributed by atoms with E-state index in [0.717, 1.165) is 17.9 Å². The van der Waals surface area contributed by atoms with Crippen molar-refractivity contribution in [3.05, 3.63) is 64.7 Å². The second kappa shape index (κ2) is 7.80. The van der Waals surface area contributed by atoms with Crippen LogP contribution in [-0.2, 0) is 20.3 Å². The van der Waals surface area contributed by atoms with Crippen molar-refractivity contribution in [3.63, 3.8) is 0 Å². The van der Waals surface area contributed by atoms with Gasteiger partial charge in [-0.15, -0.1) is 0 Å². The van der Waals surface area contributed by atoms with Gasteiger partial charge in [-0.25, -0.2) is 9.07 Å². The number of ether oxygens (including phenoxy) is 1. The first-order valence-electron chi connectivity index (χ1n) is 8.19. The van der Waals surface area contributed by atoms with Crippen molar-refractivity contribution in [2.45, 2.75) is 13.2 Å². The van der Waals surface area contributed by atoms with Crippen molar-refractivity contribution in [2.24, 2.45) is 7.05 Å². The molecule has 3 aromatic rings. The lowest BCUT2D eigenvalue weighted by atomic mass is 10.2. The van der Waals surface area contributed by atoms with E-state index < -0.39 is 0 Å². The molecule has 0 N–H and O–H groups in total. The van der Waals surface area contributed by atoms with Crippen LogP contribution in [0.2, 0.25) is 0 Å². The number of halogens is 1. The highest BCUT2D eigenvalue weighted by atomic mass is 32.1. The minimum atomic E-state index is -0.270. The van der Waals surface area contributed by atoms with Crippen LogP contribution in [-0.4, -0.2) is 33.4 Å². The molecule has 0 aliphatic rings. The number of rotatable bonds is 6. The van der Waals surface area contributed by atoms with Crippen molar-refractivity contribution in [1.82, 2.24) is 19.2 Å². The molecule has 0 unspecified atom stereocenters. The van der Waals surface area contributed by atoms with Crippen LogP contribution in [0.1, 0.15) is 5.56 Å². The first kappa shape index (κ1) is 18.3. The third-order valence-corrected chi connectivity index (χ3v) is 4.61. The molecule has 0 aliphatic carbocycles. The zero-order valence-electron chi connectivity index (χ0n) is 15.0. The molecule has 7 heteroatoms. The third kappa shape index (κ3) is 4.00. The maximum Gasteiger partial charge on any atom is 0.199 e. The molecule has 136 valence electrons. The molecule has 0 aliphatic heterocycles. The minimum Gasteiger partial charge on any atom is -0.497 e. The van der Waals surface area contributed by atoms with E-state index in [-0.39, 0.29) is 5.82 Å². The number of nitrogens with zero attached hydrogens (tertiary/aromatic N) is 4. The summed E-state index contributed by atoms with van der Waals surface area (Å²) < 4.78 is 22.6. The van der Waals surface area contributed by atoms with Gasteiger partial charge in [0.15, 0.2) is 10.6 Å². The van der Waals surface area contributed by atoms with Crippen molar-refractivity contribution in [1.29, 1.82) is 0 Å². The minimum absolute atomic E-state index is 0.270. The van der Waals surface area contributed by atoms with Gasteiger partial charge in [0.05, 0.1) is 13.8 Å². The van der Waals surface area contributed by atoms with Crippen molar-refractivity contribution >= 4 is 12.2 Å². The predicted molar refractivity (Wildman–Crippen MR) is 102 cm³/mol. The number of aromatic nitrogens is 3. The van der Waals surface area contributed by atoms with Crippen LogP contribution >= 0.6 is 12.2 Å². The van der Waals surface area contributed by atoms with Crippen LogP contribution in [0.5, 0.6) is 5.75 Å². The summed E-state index contributed by atoms with van der Waals surface area (Å²) in [7, 11) is 5.54. The molecule has 2 aromatic carbocycles. The lowest BCUT2D eigenvalue weighted by molar-refractivity contribution is 0.244. The summed E-state index contributed by atoms with van der Waals surface area (Å²) in [6.07, 6.45) is 0. The largest absolute Gasteiger partial charge is 0.497 e. The standard InChI is InChI=1S/C19H21FN4OS/c1-22(12-14-4-10-17(25-3)11-5-14)13-24-19(26)23(2)18(21-24)15-6-8-16(20)9-7-15/h4-11H,12-13H2,1-3H3. The van der Waals surface area contributed by atoms with Gasteiger partial charge in [-0.3, -0.25) is 4.90 Å². The molecule has 0 saturated carbocycles. The van der Waals surface area contributed by atoms with Gasteiger partial charge < -0.3 is 9.30 Å². The zero-order valence-corrected chi connectivity index (χ0v) is 15.8. The van der Waals surface area contributed by atoms with E-state index in [1.54, 1.807) is 23.9 Å². The second-order valence-corrected chi connectivity index (χ2v) is 6.54. The molecule has 0 spiro atoms. The normalized spacial score (nSPS) is 11.1. The molecular weight excluding hydrogens is 351 g/mol. The first-order chi connectivity index (χ1) is 12.5. The van der Waals surface area contributed by atoms with Crippen molar-refractivity contribution in [2.75, 3.05) is 14.2 Å². The highest BCUT2D eigenvalue weighted by molar-refractivity contribution is 7.71. The molecule has 0 saturated heterocycles. The van der Waals surface area contributed by atoms with Gasteiger partial charge in [0.2, 0.25) is 0 Å². The SMILES string of the molecule is COc1ccc(CN(C)Cn2nc(-c3ccc(F)cc3)n(C)c2=S)cc1. The molecule has 1 aromatic heterocycles. The van der Waals surface area contributed by atoms with Crippen LogP contribution in [0.3, 0.4) is 0 Å². The fourth-order valence-electron chi connectivity index (χ4n) is 2.75. The fraction of sp³-hybridized carbons (Fsp3) is 0.263. The first-order valence-corrected chi connectivity index (χ1v) is 8.60. The summed E-state index contributed by atoms with van der Waals surface area (Å²) in [5.74, 6) is 1.29. The molecule has 0 amide bonds. The summed E-state index contributed by atoms with van der Waals surface area (Å²) in [4.78, 5) is 2.12. The highest BCUT2D eigenvalue weighted by Gasteiger charge is 2.11. The van der Waals surface area contributed by atoms with Crippen molar-refractivity contribution in [3.8, 4) is 17.1 Å².